The summed E-state index contributed by atoms with van der Waals surface area (Å²) in [6.45, 7) is -0.233. The van der Waals surface area contributed by atoms with Gasteiger partial charge in [-0.1, -0.05) is 47.3 Å². The van der Waals surface area contributed by atoms with Gasteiger partial charge in [-0.15, -0.1) is 0 Å². The first-order valence-electron chi connectivity index (χ1n) is 9.93. The average Bonchev–Trinajstić information content (AvgIpc) is 2.74. The lowest BCUT2D eigenvalue weighted by atomic mass is 9.95. The van der Waals surface area contributed by atoms with Crippen molar-refractivity contribution < 1.29 is 13.2 Å². The highest BCUT2D eigenvalue weighted by molar-refractivity contribution is 9.10. The van der Waals surface area contributed by atoms with Crippen LogP contribution in [0.3, 0.4) is 0 Å². The molecule has 0 spiro atoms. The third-order valence-electron chi connectivity index (χ3n) is 5.22. The maximum Gasteiger partial charge on any atom is 0.243 e. The fourth-order valence-electron chi connectivity index (χ4n) is 3.66. The molecule has 0 saturated heterocycles. The van der Waals surface area contributed by atoms with Crippen LogP contribution in [0.5, 0.6) is 0 Å². The number of rotatable bonds is 7. The van der Waals surface area contributed by atoms with Crippen LogP contribution in [0, 0.1) is 11.3 Å². The molecular weight excluding hydrogens is 466 g/mol. The summed E-state index contributed by atoms with van der Waals surface area (Å²) in [5.74, 6) is -0.380. The van der Waals surface area contributed by atoms with E-state index in [1.54, 1.807) is 48.5 Å². The van der Waals surface area contributed by atoms with Gasteiger partial charge in [0.15, 0.2) is 0 Å². The summed E-state index contributed by atoms with van der Waals surface area (Å²) in [6, 6.07) is 15.4. The normalized spacial score (nSPS) is 15.0. The Morgan fingerprint density at radius 2 is 1.70 bits per heavy atom. The molecule has 0 atom stereocenters. The minimum Gasteiger partial charge on any atom is -0.325 e. The fraction of sp³-hybridized carbons (Fsp3) is 0.364. The largest absolute Gasteiger partial charge is 0.325 e. The van der Waals surface area contributed by atoms with Crippen molar-refractivity contribution in [3.8, 4) is 6.07 Å². The van der Waals surface area contributed by atoms with E-state index < -0.39 is 10.0 Å². The van der Waals surface area contributed by atoms with Crippen molar-refractivity contribution in [3.05, 3.63) is 58.6 Å². The molecule has 0 unspecified atom stereocenters. The minimum atomic E-state index is -3.80. The van der Waals surface area contributed by atoms with Gasteiger partial charge in [0.05, 0.1) is 23.9 Å². The Morgan fingerprint density at radius 1 is 1.07 bits per heavy atom. The number of benzene rings is 2. The van der Waals surface area contributed by atoms with Crippen molar-refractivity contribution in [1.29, 1.82) is 5.26 Å². The number of anilines is 1. The zero-order chi connectivity index (χ0) is 21.6. The van der Waals surface area contributed by atoms with Gasteiger partial charge in [0.2, 0.25) is 15.9 Å². The molecule has 1 aliphatic carbocycles. The van der Waals surface area contributed by atoms with Crippen molar-refractivity contribution in [3.63, 3.8) is 0 Å². The Morgan fingerprint density at radius 3 is 2.30 bits per heavy atom. The van der Waals surface area contributed by atoms with Crippen LogP contribution in [0.15, 0.2) is 57.9 Å². The SMILES string of the molecule is N#CCc1ccc(NC(=O)CN(C2CCCCC2)S(=O)(=O)c2ccc(Br)cc2)cc1. The lowest BCUT2D eigenvalue weighted by Crippen LogP contribution is -2.45. The van der Waals surface area contributed by atoms with Crippen molar-refractivity contribution >= 4 is 37.5 Å². The van der Waals surface area contributed by atoms with Gasteiger partial charge >= 0.3 is 0 Å². The van der Waals surface area contributed by atoms with Crippen molar-refractivity contribution in [2.24, 2.45) is 0 Å². The fourth-order valence-corrected chi connectivity index (χ4v) is 5.57. The van der Waals surface area contributed by atoms with Crippen molar-refractivity contribution in [2.75, 3.05) is 11.9 Å². The minimum absolute atomic E-state index is 0.184. The predicted octanol–water partition coefficient (Wildman–Crippen LogP) is 4.48. The number of nitrogens with zero attached hydrogens (tertiary/aromatic N) is 2. The maximum absolute atomic E-state index is 13.3. The van der Waals surface area contributed by atoms with Crippen LogP contribution < -0.4 is 5.32 Å². The topological polar surface area (TPSA) is 90.3 Å². The molecule has 3 rings (SSSR count). The van der Waals surface area contributed by atoms with E-state index in [0.29, 0.717) is 12.1 Å². The summed E-state index contributed by atoms with van der Waals surface area (Å²) in [6.07, 6.45) is 4.81. The van der Waals surface area contributed by atoms with E-state index in [-0.39, 0.29) is 23.4 Å². The molecule has 0 bridgehead atoms. The van der Waals surface area contributed by atoms with Crippen LogP contribution in [0.4, 0.5) is 5.69 Å². The molecule has 1 amide bonds. The smallest absolute Gasteiger partial charge is 0.243 e. The lowest BCUT2D eigenvalue weighted by molar-refractivity contribution is -0.116. The standard InChI is InChI=1S/C22H24BrN3O3S/c23-18-8-12-21(13-9-18)30(28,29)26(20-4-2-1-3-5-20)16-22(27)25-19-10-6-17(7-11-19)14-15-24/h6-13,20H,1-5,14,16H2,(H,25,27). The van der Waals surface area contributed by atoms with Crippen molar-refractivity contribution in [2.45, 2.75) is 49.5 Å². The summed E-state index contributed by atoms with van der Waals surface area (Å²) in [4.78, 5) is 12.9. The van der Waals surface area contributed by atoms with Gasteiger partial charge in [-0.05, 0) is 54.8 Å². The number of hydrogen-bond donors (Lipinski definition) is 1. The number of nitrogens with one attached hydrogen (secondary N) is 1. The Balaban J connectivity index is 1.79. The zero-order valence-corrected chi connectivity index (χ0v) is 19.0. The molecule has 6 nitrogen and oxygen atoms in total. The third-order valence-corrected chi connectivity index (χ3v) is 7.66. The van der Waals surface area contributed by atoms with Gasteiger partial charge in [-0.25, -0.2) is 8.42 Å². The summed E-state index contributed by atoms with van der Waals surface area (Å²) in [5.41, 5.74) is 1.43. The van der Waals surface area contributed by atoms with Gasteiger partial charge in [-0.3, -0.25) is 4.79 Å². The summed E-state index contributed by atoms with van der Waals surface area (Å²) >= 11 is 3.33. The summed E-state index contributed by atoms with van der Waals surface area (Å²) in [7, 11) is -3.80. The van der Waals surface area contributed by atoms with Gasteiger partial charge < -0.3 is 5.32 Å². The van der Waals surface area contributed by atoms with Crippen LogP contribution in [-0.2, 0) is 21.2 Å². The van der Waals surface area contributed by atoms with E-state index in [1.807, 2.05) is 0 Å². The molecule has 1 N–H and O–H groups in total. The second kappa shape index (κ2) is 10.2. The monoisotopic (exact) mass is 489 g/mol. The van der Waals surface area contributed by atoms with E-state index >= 15 is 0 Å². The van der Waals surface area contributed by atoms with E-state index in [4.69, 9.17) is 5.26 Å². The molecule has 158 valence electrons. The molecular formula is C22H24BrN3O3S. The Hall–Kier alpha value is -2.21. The molecule has 30 heavy (non-hydrogen) atoms. The molecule has 2 aromatic carbocycles. The second-order valence-corrected chi connectivity index (χ2v) is 10.2. The van der Waals surface area contributed by atoms with Crippen LogP contribution in [-0.4, -0.2) is 31.2 Å². The molecule has 0 aromatic heterocycles. The average molecular weight is 490 g/mol. The number of nitriles is 1. The van der Waals surface area contributed by atoms with Crippen LogP contribution in [0.25, 0.3) is 0 Å². The molecule has 8 heteroatoms. The highest BCUT2D eigenvalue weighted by Crippen LogP contribution is 2.28. The maximum atomic E-state index is 13.3. The molecule has 2 aromatic rings. The molecule has 1 fully saturated rings. The molecule has 1 saturated carbocycles. The number of amides is 1. The quantitative estimate of drug-likeness (QED) is 0.620. The molecule has 0 aliphatic heterocycles. The Labute approximate surface area is 186 Å². The Kier molecular flexibility index (Phi) is 7.64. The number of sulfonamides is 1. The van der Waals surface area contributed by atoms with E-state index in [9.17, 15) is 13.2 Å². The highest BCUT2D eigenvalue weighted by Gasteiger charge is 2.34. The molecule has 0 radical (unpaired) electrons. The number of carbonyl (C=O) groups excluding carboxylic acids is 1. The zero-order valence-electron chi connectivity index (χ0n) is 16.6. The van der Waals surface area contributed by atoms with E-state index in [2.05, 4.69) is 27.3 Å². The Bertz CT molecular complexity index is 1010. The van der Waals surface area contributed by atoms with Crippen LogP contribution >= 0.6 is 15.9 Å². The van der Waals surface area contributed by atoms with Crippen molar-refractivity contribution in [1.82, 2.24) is 4.31 Å². The van der Waals surface area contributed by atoms with Gasteiger partial charge in [0.1, 0.15) is 0 Å². The predicted molar refractivity (Wildman–Crippen MR) is 119 cm³/mol. The van der Waals surface area contributed by atoms with E-state index in [0.717, 1.165) is 42.1 Å². The van der Waals surface area contributed by atoms with E-state index in [1.165, 1.54) is 4.31 Å². The summed E-state index contributed by atoms with van der Waals surface area (Å²) < 4.78 is 28.8. The van der Waals surface area contributed by atoms with Crippen LogP contribution in [0.1, 0.15) is 37.7 Å². The highest BCUT2D eigenvalue weighted by atomic mass is 79.9. The van der Waals surface area contributed by atoms with Gasteiger partial charge in [0, 0.05) is 16.2 Å². The number of hydrogen-bond acceptors (Lipinski definition) is 4. The second-order valence-electron chi connectivity index (χ2n) is 7.38. The first-order chi connectivity index (χ1) is 14.4. The van der Waals surface area contributed by atoms with Crippen LogP contribution in [0.2, 0.25) is 0 Å². The molecule has 0 heterocycles. The summed E-state index contributed by atoms with van der Waals surface area (Å²) in [5, 5.41) is 11.5. The molecule has 1 aliphatic rings. The first-order valence-corrected chi connectivity index (χ1v) is 12.2. The number of halogens is 1. The first kappa shape index (κ1) is 22.5. The third kappa shape index (κ3) is 5.69. The number of carbonyl (C=O) groups is 1. The lowest BCUT2D eigenvalue weighted by Gasteiger charge is -2.33. The van der Waals surface area contributed by atoms with Gasteiger partial charge in [0.25, 0.3) is 0 Å². The van der Waals surface area contributed by atoms with Gasteiger partial charge in [-0.2, -0.15) is 9.57 Å².